The second kappa shape index (κ2) is 11.0. The molecule has 0 aliphatic carbocycles. The topological polar surface area (TPSA) is 56.3 Å². The summed E-state index contributed by atoms with van der Waals surface area (Å²) in [7, 11) is 3.85. The summed E-state index contributed by atoms with van der Waals surface area (Å²) in [6, 6.07) is 5.12. The Morgan fingerprint density at radius 2 is 2.14 bits per heavy atom. The SMILES string of the molecule is C=C/C=C(\C=C/C/C=C(/C(=O)[O-])c1ccccn1)N(C)C.[Na+]. The van der Waals surface area contributed by atoms with Crippen molar-refractivity contribution in [3.8, 4) is 0 Å². The van der Waals surface area contributed by atoms with E-state index in [0.717, 1.165) is 5.70 Å². The van der Waals surface area contributed by atoms with Crippen molar-refractivity contribution in [3.63, 3.8) is 0 Å². The number of nitrogens with zero attached hydrogens (tertiary/aromatic N) is 2. The largest absolute Gasteiger partial charge is 1.00 e. The number of likely N-dealkylation sites (N-methyl/N-ethyl adjacent to an activating group) is 1. The molecule has 0 saturated carbocycles. The molecule has 0 radical (unpaired) electrons. The van der Waals surface area contributed by atoms with Crippen LogP contribution in [0.25, 0.3) is 5.57 Å². The van der Waals surface area contributed by atoms with Crippen molar-refractivity contribution in [3.05, 3.63) is 72.7 Å². The van der Waals surface area contributed by atoms with Crippen molar-refractivity contribution in [1.82, 2.24) is 9.88 Å². The number of carboxylic acids is 1. The zero-order valence-corrected chi connectivity index (χ0v) is 15.3. The maximum atomic E-state index is 11.2. The van der Waals surface area contributed by atoms with Gasteiger partial charge in [-0.1, -0.05) is 30.9 Å². The molecule has 22 heavy (non-hydrogen) atoms. The van der Waals surface area contributed by atoms with E-state index in [0.29, 0.717) is 12.1 Å². The van der Waals surface area contributed by atoms with Crippen LogP contribution in [0.3, 0.4) is 0 Å². The zero-order chi connectivity index (χ0) is 15.7. The fourth-order valence-electron chi connectivity index (χ4n) is 1.66. The minimum Gasteiger partial charge on any atom is -0.545 e. The number of aromatic nitrogens is 1. The van der Waals surface area contributed by atoms with Crippen LogP contribution >= 0.6 is 0 Å². The minimum atomic E-state index is -1.23. The van der Waals surface area contributed by atoms with E-state index >= 15 is 0 Å². The molecule has 4 nitrogen and oxygen atoms in total. The molecule has 0 aliphatic rings. The summed E-state index contributed by atoms with van der Waals surface area (Å²) in [5, 5.41) is 11.2. The average Bonchev–Trinajstić information content (AvgIpc) is 2.46. The molecule has 0 unspecified atom stereocenters. The van der Waals surface area contributed by atoms with E-state index < -0.39 is 5.97 Å². The van der Waals surface area contributed by atoms with E-state index in [1.54, 1.807) is 36.5 Å². The van der Waals surface area contributed by atoms with Gasteiger partial charge in [0.05, 0.1) is 11.7 Å². The summed E-state index contributed by atoms with van der Waals surface area (Å²) >= 11 is 0. The molecular formula is C17H19N2NaO2. The molecule has 0 N–H and O–H groups in total. The number of allylic oxidation sites excluding steroid dienone is 5. The molecule has 1 aromatic heterocycles. The molecule has 0 amide bonds. The Hall–Kier alpha value is -1.62. The van der Waals surface area contributed by atoms with Crippen molar-refractivity contribution in [2.75, 3.05) is 14.1 Å². The smallest absolute Gasteiger partial charge is 0.545 e. The van der Waals surface area contributed by atoms with Gasteiger partial charge in [0.1, 0.15) is 0 Å². The van der Waals surface area contributed by atoms with Gasteiger partial charge >= 0.3 is 29.6 Å². The monoisotopic (exact) mass is 306 g/mol. The van der Waals surface area contributed by atoms with Gasteiger partial charge in [-0.05, 0) is 30.7 Å². The number of carbonyl (C=O) groups excluding carboxylic acids is 1. The summed E-state index contributed by atoms with van der Waals surface area (Å²) < 4.78 is 0. The van der Waals surface area contributed by atoms with Gasteiger partial charge in [-0.3, -0.25) is 4.98 Å². The number of hydrogen-bond donors (Lipinski definition) is 0. The molecule has 110 valence electrons. The van der Waals surface area contributed by atoms with Gasteiger partial charge in [-0.2, -0.15) is 0 Å². The molecule has 0 spiro atoms. The van der Waals surface area contributed by atoms with Crippen molar-refractivity contribution >= 4 is 11.5 Å². The number of pyridine rings is 1. The average molecular weight is 306 g/mol. The maximum absolute atomic E-state index is 11.2. The summed E-state index contributed by atoms with van der Waals surface area (Å²) in [4.78, 5) is 17.1. The van der Waals surface area contributed by atoms with Gasteiger partial charge in [-0.25, -0.2) is 0 Å². The molecule has 0 saturated heterocycles. The predicted molar refractivity (Wildman–Crippen MR) is 82.9 cm³/mol. The van der Waals surface area contributed by atoms with E-state index in [9.17, 15) is 9.90 Å². The molecule has 0 atom stereocenters. The number of rotatable bonds is 7. The van der Waals surface area contributed by atoms with Crippen LogP contribution in [-0.4, -0.2) is 29.9 Å². The third-order valence-electron chi connectivity index (χ3n) is 2.71. The first-order chi connectivity index (χ1) is 10.1. The summed E-state index contributed by atoms with van der Waals surface area (Å²) in [6.07, 6.45) is 11.0. The van der Waals surface area contributed by atoms with E-state index in [-0.39, 0.29) is 35.1 Å². The molecule has 1 aromatic rings. The van der Waals surface area contributed by atoms with Crippen LogP contribution in [0.5, 0.6) is 0 Å². The number of carboxylic acid groups (broad SMARTS) is 1. The predicted octanol–water partition coefficient (Wildman–Crippen LogP) is -1.20. The molecule has 0 bridgehead atoms. The summed E-state index contributed by atoms with van der Waals surface area (Å²) in [6.45, 7) is 3.66. The number of hydrogen-bond acceptors (Lipinski definition) is 4. The normalized spacial score (nSPS) is 11.9. The first kappa shape index (κ1) is 20.4. The van der Waals surface area contributed by atoms with E-state index in [1.165, 1.54) is 0 Å². The quantitative estimate of drug-likeness (QED) is 0.361. The minimum absolute atomic E-state index is 0. The summed E-state index contributed by atoms with van der Waals surface area (Å²) in [5.74, 6) is -1.23. The third kappa shape index (κ3) is 6.89. The Kier molecular flexibility index (Phi) is 10.2. The Balaban J connectivity index is 0.00000441. The van der Waals surface area contributed by atoms with Gasteiger partial charge < -0.3 is 14.8 Å². The van der Waals surface area contributed by atoms with Crippen molar-refractivity contribution in [1.29, 1.82) is 0 Å². The van der Waals surface area contributed by atoms with Crippen molar-refractivity contribution in [2.45, 2.75) is 6.42 Å². The second-order valence-corrected chi connectivity index (χ2v) is 4.48. The first-order valence-electron chi connectivity index (χ1n) is 6.55. The fourth-order valence-corrected chi connectivity index (χ4v) is 1.66. The molecule has 1 heterocycles. The van der Waals surface area contributed by atoms with Crippen LogP contribution < -0.4 is 34.7 Å². The number of aliphatic carboxylic acids is 1. The molecule has 5 heteroatoms. The first-order valence-corrected chi connectivity index (χ1v) is 6.55. The van der Waals surface area contributed by atoms with Crippen LogP contribution in [0, 0.1) is 0 Å². The standard InChI is InChI=1S/C17H20N2O2.Na/c1-4-9-14(19(2)3)10-5-6-11-15(17(20)21)16-12-7-8-13-18-16;/h4-5,7-13H,1,6H2,2-3H3,(H,20,21);/q;+1/p-1/b10-5-,14-9+,15-11+;. The van der Waals surface area contributed by atoms with Crippen molar-refractivity contribution < 1.29 is 39.5 Å². The van der Waals surface area contributed by atoms with E-state index in [1.807, 2.05) is 37.2 Å². The van der Waals surface area contributed by atoms with Gasteiger partial charge in [0.2, 0.25) is 0 Å². The van der Waals surface area contributed by atoms with Crippen LogP contribution in [0.2, 0.25) is 0 Å². The third-order valence-corrected chi connectivity index (χ3v) is 2.71. The second-order valence-electron chi connectivity index (χ2n) is 4.48. The van der Waals surface area contributed by atoms with Crippen molar-refractivity contribution in [2.24, 2.45) is 0 Å². The molecule has 0 aromatic carbocycles. The van der Waals surface area contributed by atoms with Crippen LogP contribution in [0.1, 0.15) is 12.1 Å². The Bertz CT molecular complexity index is 576. The van der Waals surface area contributed by atoms with Gasteiger partial charge in [0, 0.05) is 31.6 Å². The Labute approximate surface area is 153 Å². The molecular weight excluding hydrogens is 287 g/mol. The van der Waals surface area contributed by atoms with E-state index in [4.69, 9.17) is 0 Å². The maximum Gasteiger partial charge on any atom is 1.00 e. The Morgan fingerprint density at radius 3 is 2.64 bits per heavy atom. The fraction of sp³-hybridized carbons (Fsp3) is 0.176. The van der Waals surface area contributed by atoms with Crippen LogP contribution in [0.4, 0.5) is 0 Å². The Morgan fingerprint density at radius 1 is 1.41 bits per heavy atom. The van der Waals surface area contributed by atoms with Crippen LogP contribution in [-0.2, 0) is 4.79 Å². The molecule has 1 rings (SSSR count). The van der Waals surface area contributed by atoms with Gasteiger partial charge in [0.15, 0.2) is 0 Å². The molecule has 0 aliphatic heterocycles. The number of carbonyl (C=O) groups is 1. The van der Waals surface area contributed by atoms with Crippen LogP contribution in [0.15, 0.2) is 67.1 Å². The van der Waals surface area contributed by atoms with E-state index in [2.05, 4.69) is 11.6 Å². The zero-order valence-electron chi connectivity index (χ0n) is 13.3. The summed E-state index contributed by atoms with van der Waals surface area (Å²) in [5.41, 5.74) is 1.48. The molecule has 0 fully saturated rings. The van der Waals surface area contributed by atoms with Gasteiger partial charge in [-0.15, -0.1) is 0 Å². The van der Waals surface area contributed by atoms with Gasteiger partial charge in [0.25, 0.3) is 0 Å².